The monoisotopic (exact) mass is 476 g/mol. The van der Waals surface area contributed by atoms with Gasteiger partial charge in [0.25, 0.3) is 0 Å². The fourth-order valence-corrected chi connectivity index (χ4v) is 4.34. The number of rotatable bonds is 8. The minimum Gasteiger partial charge on any atom is -0.497 e. The molecule has 8 heteroatoms. The summed E-state index contributed by atoms with van der Waals surface area (Å²) in [5, 5.41) is 4.36. The molecule has 1 fully saturated rings. The van der Waals surface area contributed by atoms with Crippen LogP contribution in [0.1, 0.15) is 23.2 Å². The van der Waals surface area contributed by atoms with E-state index in [1.165, 1.54) is 0 Å². The molecule has 4 rings (SSSR count). The highest BCUT2D eigenvalue weighted by Crippen LogP contribution is 2.26. The summed E-state index contributed by atoms with van der Waals surface area (Å²) in [5.74, 6) is 0.797. The van der Waals surface area contributed by atoms with Crippen LogP contribution < -0.4 is 9.64 Å². The molecular weight excluding hydrogens is 444 g/mol. The first-order valence-corrected chi connectivity index (χ1v) is 11.8. The molecule has 184 valence electrons. The summed E-state index contributed by atoms with van der Waals surface area (Å²) in [6, 6.07) is 15.0. The lowest BCUT2D eigenvalue weighted by Gasteiger charge is -2.34. The Morgan fingerprint density at radius 2 is 1.69 bits per heavy atom. The molecule has 1 aliphatic rings. The second-order valence-electron chi connectivity index (χ2n) is 8.73. The van der Waals surface area contributed by atoms with E-state index in [2.05, 4.69) is 5.10 Å². The zero-order chi connectivity index (χ0) is 24.8. The number of piperidine rings is 1. The zero-order valence-corrected chi connectivity index (χ0v) is 20.5. The maximum atomic E-state index is 13.1. The van der Waals surface area contributed by atoms with Crippen molar-refractivity contribution in [3.8, 4) is 16.9 Å². The molecule has 8 nitrogen and oxygen atoms in total. The van der Waals surface area contributed by atoms with Crippen molar-refractivity contribution in [2.45, 2.75) is 19.4 Å². The van der Waals surface area contributed by atoms with Crippen LogP contribution in [0.5, 0.6) is 5.75 Å². The van der Waals surface area contributed by atoms with Crippen molar-refractivity contribution in [2.24, 2.45) is 5.92 Å². The Kier molecular flexibility index (Phi) is 7.82. The van der Waals surface area contributed by atoms with Gasteiger partial charge in [0.15, 0.2) is 5.78 Å². The van der Waals surface area contributed by atoms with Crippen LogP contribution in [0.25, 0.3) is 11.1 Å². The molecule has 1 saturated heterocycles. The maximum Gasteiger partial charge on any atom is 0.324 e. The molecule has 2 heterocycles. The third kappa shape index (κ3) is 5.71. The molecule has 0 aliphatic carbocycles. The van der Waals surface area contributed by atoms with Crippen LogP contribution >= 0.6 is 0 Å². The molecule has 2 amide bonds. The number of amides is 2. The summed E-state index contributed by atoms with van der Waals surface area (Å²) in [5.41, 5.74) is 3.57. The molecule has 0 N–H and O–H groups in total. The van der Waals surface area contributed by atoms with Crippen molar-refractivity contribution >= 4 is 17.5 Å². The van der Waals surface area contributed by atoms with Gasteiger partial charge in [0.2, 0.25) is 0 Å². The number of hydrogen-bond acceptors (Lipinski definition) is 5. The number of Topliss-reactive ketones (excluding diaryl/α,β-unsaturated/α-hetero) is 1. The average molecular weight is 477 g/mol. The summed E-state index contributed by atoms with van der Waals surface area (Å²) in [6.07, 6.45) is 5.14. The van der Waals surface area contributed by atoms with Crippen molar-refractivity contribution in [2.75, 3.05) is 45.9 Å². The van der Waals surface area contributed by atoms with Crippen LogP contribution in [0.4, 0.5) is 10.5 Å². The van der Waals surface area contributed by atoms with Crippen molar-refractivity contribution < 1.29 is 19.1 Å². The van der Waals surface area contributed by atoms with Gasteiger partial charge in [-0.05, 0) is 54.8 Å². The van der Waals surface area contributed by atoms with Gasteiger partial charge in [-0.2, -0.15) is 5.10 Å². The van der Waals surface area contributed by atoms with Gasteiger partial charge in [0.1, 0.15) is 5.75 Å². The van der Waals surface area contributed by atoms with Crippen molar-refractivity contribution in [1.82, 2.24) is 14.7 Å². The number of likely N-dealkylation sites (tertiary alicyclic amines) is 1. The molecule has 0 atom stereocenters. The molecule has 0 saturated carbocycles. The van der Waals surface area contributed by atoms with Gasteiger partial charge >= 0.3 is 6.03 Å². The lowest BCUT2D eigenvalue weighted by Crippen LogP contribution is -2.46. The van der Waals surface area contributed by atoms with Crippen LogP contribution in [0.3, 0.4) is 0 Å². The van der Waals surface area contributed by atoms with Gasteiger partial charge < -0.3 is 14.4 Å². The van der Waals surface area contributed by atoms with Gasteiger partial charge in [-0.3, -0.25) is 14.4 Å². The third-order valence-electron chi connectivity index (χ3n) is 6.54. The van der Waals surface area contributed by atoms with Crippen molar-refractivity contribution in [1.29, 1.82) is 0 Å². The molecule has 1 aromatic heterocycles. The second kappa shape index (κ2) is 11.2. The minimum absolute atomic E-state index is 0.0551. The quantitative estimate of drug-likeness (QED) is 0.452. The first-order valence-electron chi connectivity index (χ1n) is 11.8. The van der Waals surface area contributed by atoms with Crippen LogP contribution in [0.15, 0.2) is 60.9 Å². The Morgan fingerprint density at radius 1 is 1.00 bits per heavy atom. The number of urea groups is 1. The van der Waals surface area contributed by atoms with Crippen LogP contribution in [-0.4, -0.2) is 67.5 Å². The van der Waals surface area contributed by atoms with Gasteiger partial charge in [0.05, 0.1) is 26.5 Å². The second-order valence-corrected chi connectivity index (χ2v) is 8.73. The normalized spacial score (nSPS) is 14.1. The average Bonchev–Trinajstić information content (AvgIpc) is 3.40. The van der Waals surface area contributed by atoms with Crippen molar-refractivity contribution in [3.63, 3.8) is 0 Å². The zero-order valence-electron chi connectivity index (χ0n) is 20.5. The number of ether oxygens (including phenoxy) is 2. The maximum absolute atomic E-state index is 13.1. The van der Waals surface area contributed by atoms with E-state index in [1.807, 2.05) is 46.2 Å². The summed E-state index contributed by atoms with van der Waals surface area (Å²) in [7, 11) is 5.06. The number of carbonyl (C=O) groups is 2. The fourth-order valence-electron chi connectivity index (χ4n) is 4.34. The molecule has 35 heavy (non-hydrogen) atoms. The van der Waals surface area contributed by atoms with E-state index in [0.29, 0.717) is 44.6 Å². The molecule has 2 aromatic carbocycles. The Morgan fingerprint density at radius 3 is 2.31 bits per heavy atom. The van der Waals surface area contributed by atoms with Crippen molar-refractivity contribution in [3.05, 3.63) is 66.5 Å². The standard InChI is InChI=1S/C27H32N4O4/c1-29(24-8-4-20(5-9-24)23-18-28-31(19-23)16-17-34-2)27(33)30-14-12-22(13-15-30)26(32)21-6-10-25(35-3)11-7-21/h4-11,18-19,22H,12-17H2,1-3H3. The molecule has 1 aliphatic heterocycles. The molecule has 0 spiro atoms. The number of aromatic nitrogens is 2. The van der Waals surface area contributed by atoms with Gasteiger partial charge in [0, 0.05) is 56.2 Å². The highest BCUT2D eigenvalue weighted by molar-refractivity contribution is 5.98. The van der Waals surface area contributed by atoms with Gasteiger partial charge in [-0.1, -0.05) is 12.1 Å². The molecule has 0 radical (unpaired) electrons. The summed E-state index contributed by atoms with van der Waals surface area (Å²) < 4.78 is 12.1. The number of benzene rings is 2. The van der Waals surface area contributed by atoms with Gasteiger partial charge in [-0.25, -0.2) is 4.79 Å². The lowest BCUT2D eigenvalue weighted by molar-refractivity contribution is 0.0857. The summed E-state index contributed by atoms with van der Waals surface area (Å²) in [4.78, 5) is 29.5. The van der Waals surface area contributed by atoms with E-state index in [9.17, 15) is 9.59 Å². The molecule has 0 bridgehead atoms. The number of anilines is 1. The van der Waals surface area contributed by atoms with E-state index in [-0.39, 0.29) is 17.7 Å². The van der Waals surface area contributed by atoms with E-state index < -0.39 is 0 Å². The smallest absolute Gasteiger partial charge is 0.324 e. The number of hydrogen-bond donors (Lipinski definition) is 0. The van der Waals surface area contributed by atoms with Crippen LogP contribution in [0, 0.1) is 5.92 Å². The number of carbonyl (C=O) groups excluding carboxylic acids is 2. The third-order valence-corrected chi connectivity index (χ3v) is 6.54. The van der Waals surface area contributed by atoms with Crippen LogP contribution in [-0.2, 0) is 11.3 Å². The number of nitrogens with zero attached hydrogens (tertiary/aromatic N) is 4. The summed E-state index contributed by atoms with van der Waals surface area (Å²) >= 11 is 0. The number of ketones is 1. The van der Waals surface area contributed by atoms with E-state index >= 15 is 0 Å². The molecule has 3 aromatic rings. The largest absolute Gasteiger partial charge is 0.497 e. The highest BCUT2D eigenvalue weighted by Gasteiger charge is 2.29. The lowest BCUT2D eigenvalue weighted by atomic mass is 9.89. The highest BCUT2D eigenvalue weighted by atomic mass is 16.5. The number of methoxy groups -OCH3 is 2. The Balaban J connectivity index is 1.32. The van der Waals surface area contributed by atoms with E-state index in [4.69, 9.17) is 9.47 Å². The Bertz CT molecular complexity index is 1130. The first kappa shape index (κ1) is 24.5. The topological polar surface area (TPSA) is 76.9 Å². The molecule has 0 unspecified atom stereocenters. The van der Waals surface area contributed by atoms with Gasteiger partial charge in [-0.15, -0.1) is 0 Å². The minimum atomic E-state index is -0.0677. The first-order chi connectivity index (χ1) is 17.0. The van der Waals surface area contributed by atoms with E-state index in [1.54, 1.807) is 50.4 Å². The van der Waals surface area contributed by atoms with Crippen LogP contribution in [0.2, 0.25) is 0 Å². The molecular formula is C27H32N4O4. The fraction of sp³-hybridized carbons (Fsp3) is 0.370. The van der Waals surface area contributed by atoms with E-state index in [0.717, 1.165) is 22.6 Å². The summed E-state index contributed by atoms with van der Waals surface area (Å²) in [6.45, 7) is 2.44. The SMILES string of the molecule is COCCn1cc(-c2ccc(N(C)C(=O)N3CCC(C(=O)c4ccc(OC)cc4)CC3)cc2)cn1. The predicted octanol–water partition coefficient (Wildman–Crippen LogP) is 4.36. The Labute approximate surface area is 206 Å². The Hall–Kier alpha value is -3.65. The predicted molar refractivity (Wildman–Crippen MR) is 135 cm³/mol.